The smallest absolute Gasteiger partial charge is 0.237 e. The van der Waals surface area contributed by atoms with Crippen molar-refractivity contribution in [2.75, 3.05) is 5.32 Å². The number of carbonyl (C=O) groups is 1. The fourth-order valence-corrected chi connectivity index (χ4v) is 3.44. The Morgan fingerprint density at radius 2 is 2.00 bits per heavy atom. The summed E-state index contributed by atoms with van der Waals surface area (Å²) in [6.45, 7) is 1.97. The summed E-state index contributed by atoms with van der Waals surface area (Å²) in [6, 6.07) is 16.1. The number of carbonyl (C=O) groups excluding carboxylic acids is 1. The lowest BCUT2D eigenvalue weighted by Gasteiger charge is -2.12. The monoisotopic (exact) mass is 427 g/mol. The van der Waals surface area contributed by atoms with Crippen LogP contribution in [-0.2, 0) is 18.4 Å². The second-order valence-corrected chi connectivity index (χ2v) is 7.80. The van der Waals surface area contributed by atoms with E-state index in [-0.39, 0.29) is 12.5 Å². The van der Waals surface area contributed by atoms with E-state index in [1.807, 2.05) is 19.2 Å². The van der Waals surface area contributed by atoms with Crippen molar-refractivity contribution in [3.05, 3.63) is 64.9 Å². The molecule has 1 amide bonds. The van der Waals surface area contributed by atoms with E-state index < -0.39 is 5.25 Å². The van der Waals surface area contributed by atoms with Crippen molar-refractivity contribution >= 4 is 35.0 Å². The Balaban J connectivity index is 1.62. The molecular weight excluding hydrogens is 410 g/mol. The number of para-hydroxylation sites is 2. The molecule has 0 aliphatic carbocycles. The van der Waals surface area contributed by atoms with Gasteiger partial charge in [0.25, 0.3) is 0 Å². The molecule has 0 aliphatic heterocycles. The van der Waals surface area contributed by atoms with E-state index in [2.05, 4.69) is 21.6 Å². The number of ether oxygens (including phenoxy) is 1. The molecule has 1 atom stereocenters. The van der Waals surface area contributed by atoms with E-state index in [9.17, 15) is 4.79 Å². The molecule has 1 N–H and O–H groups in total. The zero-order valence-corrected chi connectivity index (χ0v) is 17.4. The average molecular weight is 428 g/mol. The Hall–Kier alpha value is -3.02. The van der Waals surface area contributed by atoms with Gasteiger partial charge in [-0.2, -0.15) is 5.26 Å². The fraction of sp³-hybridized carbons (Fsp3) is 0.200. The van der Waals surface area contributed by atoms with Crippen molar-refractivity contribution in [2.24, 2.45) is 7.05 Å². The third-order valence-corrected chi connectivity index (χ3v) is 5.52. The summed E-state index contributed by atoms with van der Waals surface area (Å²) >= 11 is 7.36. The molecule has 0 bridgehead atoms. The number of aromatic nitrogens is 3. The predicted molar refractivity (Wildman–Crippen MR) is 112 cm³/mol. The van der Waals surface area contributed by atoms with Crippen molar-refractivity contribution in [3.63, 3.8) is 0 Å². The molecule has 29 heavy (non-hydrogen) atoms. The number of nitrogens with one attached hydrogen (secondary N) is 1. The summed E-state index contributed by atoms with van der Waals surface area (Å²) in [5.74, 6) is 0.944. The van der Waals surface area contributed by atoms with Crippen molar-refractivity contribution in [2.45, 2.75) is 23.9 Å². The van der Waals surface area contributed by atoms with E-state index in [4.69, 9.17) is 21.6 Å². The van der Waals surface area contributed by atoms with Crippen molar-refractivity contribution in [3.8, 4) is 11.8 Å². The van der Waals surface area contributed by atoms with Crippen LogP contribution in [0.25, 0.3) is 0 Å². The number of anilines is 1. The Morgan fingerprint density at radius 3 is 2.76 bits per heavy atom. The summed E-state index contributed by atoms with van der Waals surface area (Å²) in [5, 5.41) is 20.9. The number of thioether (sulfide) groups is 1. The lowest BCUT2D eigenvalue weighted by Crippen LogP contribution is -2.23. The molecule has 0 spiro atoms. The second-order valence-electron chi connectivity index (χ2n) is 6.08. The third-order valence-electron chi connectivity index (χ3n) is 4.08. The summed E-state index contributed by atoms with van der Waals surface area (Å²) in [6.07, 6.45) is 0. The fourth-order valence-electron chi connectivity index (χ4n) is 2.41. The molecule has 3 aromatic rings. The van der Waals surface area contributed by atoms with Crippen LogP contribution in [0, 0.1) is 11.3 Å². The average Bonchev–Trinajstić information content (AvgIpc) is 3.07. The highest BCUT2D eigenvalue weighted by atomic mass is 35.5. The first-order valence-electron chi connectivity index (χ1n) is 8.72. The Labute approximate surface area is 177 Å². The minimum Gasteiger partial charge on any atom is -0.484 e. The van der Waals surface area contributed by atoms with Gasteiger partial charge in [-0.1, -0.05) is 47.6 Å². The first-order valence-corrected chi connectivity index (χ1v) is 9.97. The van der Waals surface area contributed by atoms with Gasteiger partial charge in [-0.05, 0) is 31.2 Å². The van der Waals surface area contributed by atoms with Gasteiger partial charge in [0.2, 0.25) is 5.91 Å². The van der Waals surface area contributed by atoms with E-state index >= 15 is 0 Å². The van der Waals surface area contributed by atoms with Gasteiger partial charge in [-0.25, -0.2) is 0 Å². The van der Waals surface area contributed by atoms with E-state index in [0.717, 1.165) is 0 Å². The molecule has 7 nitrogen and oxygen atoms in total. The maximum Gasteiger partial charge on any atom is 0.237 e. The van der Waals surface area contributed by atoms with Crippen LogP contribution in [-0.4, -0.2) is 25.9 Å². The number of nitrogens with zero attached hydrogens (tertiary/aromatic N) is 4. The lowest BCUT2D eigenvalue weighted by atomic mass is 10.2. The van der Waals surface area contributed by atoms with Crippen LogP contribution in [0.5, 0.6) is 5.75 Å². The number of hydrogen-bond donors (Lipinski definition) is 1. The van der Waals surface area contributed by atoms with E-state index in [1.54, 1.807) is 47.9 Å². The minimum absolute atomic E-state index is 0.198. The first kappa shape index (κ1) is 20.7. The molecule has 1 unspecified atom stereocenters. The first-order chi connectivity index (χ1) is 14.0. The maximum atomic E-state index is 12.5. The molecule has 9 heteroatoms. The summed E-state index contributed by atoms with van der Waals surface area (Å²) in [5.41, 5.74) is 0.898. The highest BCUT2D eigenvalue weighted by Gasteiger charge is 2.20. The van der Waals surface area contributed by atoms with E-state index in [0.29, 0.717) is 33.0 Å². The largest absolute Gasteiger partial charge is 0.484 e. The number of benzene rings is 2. The minimum atomic E-state index is -0.443. The Morgan fingerprint density at radius 1 is 1.28 bits per heavy atom. The molecule has 0 radical (unpaired) electrons. The van der Waals surface area contributed by atoms with Crippen LogP contribution in [0.4, 0.5) is 5.69 Å². The quantitative estimate of drug-likeness (QED) is 0.572. The molecule has 1 heterocycles. The van der Waals surface area contributed by atoms with Gasteiger partial charge in [0, 0.05) is 7.05 Å². The molecular formula is C20H18ClN5O2S. The SMILES string of the molecule is CC(Sc1nnc(COc2ccccc2Cl)n1C)C(=O)Nc1ccccc1C#N. The normalized spacial score (nSPS) is 11.5. The number of nitriles is 1. The van der Waals surface area contributed by atoms with Crippen LogP contribution in [0.15, 0.2) is 53.7 Å². The molecule has 3 rings (SSSR count). The van der Waals surface area contributed by atoms with Crippen LogP contribution in [0.3, 0.4) is 0 Å². The third kappa shape index (κ3) is 5.08. The van der Waals surface area contributed by atoms with Crippen LogP contribution < -0.4 is 10.1 Å². The van der Waals surface area contributed by atoms with Gasteiger partial charge in [-0.15, -0.1) is 10.2 Å². The zero-order valence-electron chi connectivity index (χ0n) is 15.8. The molecule has 1 aromatic heterocycles. The van der Waals surface area contributed by atoms with Gasteiger partial charge < -0.3 is 14.6 Å². The van der Waals surface area contributed by atoms with Gasteiger partial charge in [0.1, 0.15) is 18.4 Å². The molecule has 0 saturated heterocycles. The highest BCUT2D eigenvalue weighted by Crippen LogP contribution is 2.26. The Kier molecular flexibility index (Phi) is 6.75. The van der Waals surface area contributed by atoms with E-state index in [1.165, 1.54) is 11.8 Å². The molecule has 0 aliphatic rings. The molecule has 148 valence electrons. The summed E-state index contributed by atoms with van der Waals surface area (Å²) in [4.78, 5) is 12.5. The van der Waals surface area contributed by atoms with Crippen LogP contribution >= 0.6 is 23.4 Å². The van der Waals surface area contributed by atoms with Gasteiger partial charge in [0.05, 0.1) is 21.5 Å². The highest BCUT2D eigenvalue weighted by molar-refractivity contribution is 8.00. The molecule has 0 saturated carbocycles. The number of hydrogen-bond acceptors (Lipinski definition) is 6. The summed E-state index contributed by atoms with van der Waals surface area (Å²) < 4.78 is 7.47. The topological polar surface area (TPSA) is 92.8 Å². The van der Waals surface area contributed by atoms with Crippen molar-refractivity contribution in [1.82, 2.24) is 14.8 Å². The van der Waals surface area contributed by atoms with Gasteiger partial charge in [0.15, 0.2) is 11.0 Å². The number of rotatable bonds is 7. The van der Waals surface area contributed by atoms with Crippen LogP contribution in [0.1, 0.15) is 18.3 Å². The Bertz CT molecular complexity index is 1060. The second kappa shape index (κ2) is 9.45. The van der Waals surface area contributed by atoms with Crippen LogP contribution in [0.2, 0.25) is 5.02 Å². The van der Waals surface area contributed by atoms with Crippen molar-refractivity contribution < 1.29 is 9.53 Å². The maximum absolute atomic E-state index is 12.5. The lowest BCUT2D eigenvalue weighted by molar-refractivity contribution is -0.115. The van der Waals surface area contributed by atoms with Gasteiger partial charge in [-0.3, -0.25) is 4.79 Å². The van der Waals surface area contributed by atoms with Gasteiger partial charge >= 0.3 is 0 Å². The number of halogens is 1. The summed E-state index contributed by atoms with van der Waals surface area (Å²) in [7, 11) is 1.81. The molecule has 0 fully saturated rings. The molecule has 2 aromatic carbocycles. The standard InChI is InChI=1S/C20H18ClN5O2S/c1-13(19(27)23-16-9-5-3-7-14(16)11-22)29-20-25-24-18(26(20)2)12-28-17-10-6-4-8-15(17)21/h3-10,13H,12H2,1-2H3,(H,23,27). The zero-order chi connectivity index (χ0) is 20.8. The predicted octanol–water partition coefficient (Wildman–Crippen LogP) is 4.04. The van der Waals surface area contributed by atoms with Crippen molar-refractivity contribution in [1.29, 1.82) is 5.26 Å². The number of amides is 1.